The third kappa shape index (κ3) is 4.22. The van der Waals surface area contributed by atoms with Crippen LogP contribution in [0.1, 0.15) is 16.7 Å². The van der Waals surface area contributed by atoms with E-state index >= 15 is 0 Å². The van der Waals surface area contributed by atoms with Crippen LogP contribution in [-0.2, 0) is 13.0 Å². The number of nitrogens with zero attached hydrogens (tertiary/aromatic N) is 1. The average Bonchev–Trinajstić information content (AvgIpc) is 2.84. The first-order chi connectivity index (χ1) is 16.0. The molecule has 5 nitrogen and oxygen atoms in total. The Hall–Kier alpha value is -3.64. The maximum atomic E-state index is 13.2. The second kappa shape index (κ2) is 8.71. The van der Waals surface area contributed by atoms with Crippen molar-refractivity contribution in [1.29, 1.82) is 0 Å². The van der Waals surface area contributed by atoms with Crippen LogP contribution in [-0.4, -0.2) is 25.3 Å². The van der Waals surface area contributed by atoms with E-state index in [2.05, 4.69) is 11.0 Å². The second-order valence-corrected chi connectivity index (χ2v) is 8.28. The molecule has 0 saturated carbocycles. The zero-order chi connectivity index (χ0) is 22.9. The molecular weight excluding hydrogens is 421 g/mol. The first kappa shape index (κ1) is 21.2. The van der Waals surface area contributed by atoms with Gasteiger partial charge in [-0.3, -0.25) is 4.90 Å². The number of aryl methyl sites for hydroxylation is 1. The van der Waals surface area contributed by atoms with E-state index in [0.29, 0.717) is 18.9 Å². The zero-order valence-electron chi connectivity index (χ0n) is 18.6. The van der Waals surface area contributed by atoms with Gasteiger partial charge in [0.05, 0.1) is 7.11 Å². The molecule has 1 aliphatic rings. The Balaban J connectivity index is 1.48. The lowest BCUT2D eigenvalue weighted by Gasteiger charge is -2.30. The molecule has 0 N–H and O–H groups in total. The number of fused-ring (bicyclic) bond motifs is 2. The van der Waals surface area contributed by atoms with E-state index in [4.69, 9.17) is 13.9 Å². The zero-order valence-corrected chi connectivity index (χ0v) is 18.6. The molecule has 168 valence electrons. The number of halogens is 1. The molecule has 3 aromatic carbocycles. The van der Waals surface area contributed by atoms with Crippen LogP contribution in [0.15, 0.2) is 69.9 Å². The smallest absolute Gasteiger partial charge is 0.336 e. The van der Waals surface area contributed by atoms with E-state index in [-0.39, 0.29) is 5.82 Å². The van der Waals surface area contributed by atoms with E-state index in [9.17, 15) is 9.18 Å². The number of methoxy groups -OCH3 is 1. The van der Waals surface area contributed by atoms with Gasteiger partial charge in [-0.25, -0.2) is 9.18 Å². The molecule has 0 radical (unpaired) electrons. The van der Waals surface area contributed by atoms with Crippen molar-refractivity contribution in [3.63, 3.8) is 0 Å². The Kier molecular flexibility index (Phi) is 5.60. The van der Waals surface area contributed by atoms with Crippen LogP contribution >= 0.6 is 0 Å². The average molecular weight is 445 g/mol. The molecule has 0 amide bonds. The molecule has 1 aliphatic heterocycles. The third-order valence-corrected chi connectivity index (χ3v) is 6.11. The standard InChI is InChI=1S/C27H24FNO4/c1-17-26-20(15-29(16-32-26)12-11-18-3-7-21(28)8-4-18)13-24-23(14-25(30)33-27(17)24)19-5-9-22(31-2)10-6-19/h3-10,13-14H,11-12,15-16H2,1-2H3. The van der Waals surface area contributed by atoms with E-state index in [1.165, 1.54) is 18.2 Å². The molecule has 4 aromatic rings. The largest absolute Gasteiger partial charge is 0.497 e. The van der Waals surface area contributed by atoms with Crippen molar-refractivity contribution < 1.29 is 18.3 Å². The van der Waals surface area contributed by atoms with E-state index in [1.54, 1.807) is 7.11 Å². The highest BCUT2D eigenvalue weighted by molar-refractivity contribution is 5.96. The molecule has 0 unspecified atom stereocenters. The van der Waals surface area contributed by atoms with Crippen LogP contribution in [0.25, 0.3) is 22.1 Å². The SMILES string of the molecule is COc1ccc(-c2cc(=O)oc3c(C)c4c(cc23)CN(CCc2ccc(F)cc2)CO4)cc1. The van der Waals surface area contributed by atoms with Crippen LogP contribution in [0.4, 0.5) is 4.39 Å². The molecule has 0 bridgehead atoms. The van der Waals surface area contributed by atoms with Gasteiger partial charge >= 0.3 is 5.63 Å². The van der Waals surface area contributed by atoms with Crippen molar-refractivity contribution in [2.24, 2.45) is 0 Å². The van der Waals surface area contributed by atoms with E-state index in [1.807, 2.05) is 43.3 Å². The molecule has 0 fully saturated rings. The molecule has 33 heavy (non-hydrogen) atoms. The quantitative estimate of drug-likeness (QED) is 0.390. The summed E-state index contributed by atoms with van der Waals surface area (Å²) in [5.74, 6) is 1.30. The van der Waals surface area contributed by atoms with Crippen molar-refractivity contribution in [2.45, 2.75) is 19.9 Å². The van der Waals surface area contributed by atoms with Gasteiger partial charge in [0, 0.05) is 35.7 Å². The highest BCUT2D eigenvalue weighted by Gasteiger charge is 2.23. The molecule has 5 rings (SSSR count). The van der Waals surface area contributed by atoms with Gasteiger partial charge < -0.3 is 13.9 Å². The summed E-state index contributed by atoms with van der Waals surface area (Å²) in [5.41, 5.74) is 4.85. The Bertz CT molecular complexity index is 1360. The summed E-state index contributed by atoms with van der Waals surface area (Å²) in [6.07, 6.45) is 0.803. The summed E-state index contributed by atoms with van der Waals surface area (Å²) in [6.45, 7) is 3.88. The van der Waals surface area contributed by atoms with Crippen LogP contribution in [0.5, 0.6) is 11.5 Å². The van der Waals surface area contributed by atoms with Crippen molar-refractivity contribution in [1.82, 2.24) is 4.90 Å². The normalized spacial score (nSPS) is 13.5. The van der Waals surface area contributed by atoms with Gasteiger partial charge in [0.1, 0.15) is 29.6 Å². The van der Waals surface area contributed by atoms with Crippen molar-refractivity contribution in [3.05, 3.63) is 93.6 Å². The lowest BCUT2D eigenvalue weighted by molar-refractivity contribution is 0.0959. The van der Waals surface area contributed by atoms with Gasteiger partial charge in [-0.1, -0.05) is 24.3 Å². The summed E-state index contributed by atoms with van der Waals surface area (Å²) in [7, 11) is 1.62. The summed E-state index contributed by atoms with van der Waals surface area (Å²) in [4.78, 5) is 14.6. The highest BCUT2D eigenvalue weighted by atomic mass is 19.1. The minimum absolute atomic E-state index is 0.226. The monoisotopic (exact) mass is 445 g/mol. The Morgan fingerprint density at radius 2 is 1.82 bits per heavy atom. The molecule has 6 heteroatoms. The van der Waals surface area contributed by atoms with Gasteiger partial charge in [0.15, 0.2) is 0 Å². The first-order valence-corrected chi connectivity index (χ1v) is 10.9. The summed E-state index contributed by atoms with van der Waals surface area (Å²) in [5, 5.41) is 0.875. The molecule has 0 atom stereocenters. The Morgan fingerprint density at radius 1 is 1.06 bits per heavy atom. The van der Waals surface area contributed by atoms with Crippen LogP contribution in [0, 0.1) is 12.7 Å². The maximum absolute atomic E-state index is 13.2. The summed E-state index contributed by atoms with van der Waals surface area (Å²) < 4.78 is 30.1. The lowest BCUT2D eigenvalue weighted by Crippen LogP contribution is -2.34. The number of rotatable bonds is 5. The van der Waals surface area contributed by atoms with Crippen molar-refractivity contribution in [3.8, 4) is 22.6 Å². The fourth-order valence-electron chi connectivity index (χ4n) is 4.36. The fourth-order valence-corrected chi connectivity index (χ4v) is 4.36. The highest BCUT2D eigenvalue weighted by Crippen LogP contribution is 2.38. The van der Waals surface area contributed by atoms with Crippen molar-refractivity contribution in [2.75, 3.05) is 20.4 Å². The molecule has 0 spiro atoms. The second-order valence-electron chi connectivity index (χ2n) is 8.28. The minimum atomic E-state index is -0.395. The first-order valence-electron chi connectivity index (χ1n) is 10.9. The predicted molar refractivity (Wildman–Crippen MR) is 125 cm³/mol. The number of benzene rings is 3. The summed E-state index contributed by atoms with van der Waals surface area (Å²) >= 11 is 0. The number of hydrogen-bond donors (Lipinski definition) is 0. The Labute approximate surface area is 191 Å². The van der Waals surface area contributed by atoms with Gasteiger partial charge in [0.2, 0.25) is 0 Å². The predicted octanol–water partition coefficient (Wildman–Crippen LogP) is 5.31. The minimum Gasteiger partial charge on any atom is -0.497 e. The van der Waals surface area contributed by atoms with Crippen molar-refractivity contribution >= 4 is 11.0 Å². The molecule has 2 heterocycles. The fraction of sp³-hybridized carbons (Fsp3) is 0.222. The topological polar surface area (TPSA) is 51.9 Å². The molecule has 0 saturated heterocycles. The molecule has 0 aliphatic carbocycles. The van der Waals surface area contributed by atoms with Gasteiger partial charge in [0.25, 0.3) is 0 Å². The Morgan fingerprint density at radius 3 is 2.55 bits per heavy atom. The van der Waals surface area contributed by atoms with Gasteiger partial charge in [-0.15, -0.1) is 0 Å². The number of ether oxygens (including phenoxy) is 2. The van der Waals surface area contributed by atoms with Crippen LogP contribution in [0.2, 0.25) is 0 Å². The van der Waals surface area contributed by atoms with Crippen LogP contribution in [0.3, 0.4) is 0 Å². The lowest BCUT2D eigenvalue weighted by atomic mass is 9.96. The molecular formula is C27H24FNO4. The van der Waals surface area contributed by atoms with E-state index < -0.39 is 5.63 Å². The van der Waals surface area contributed by atoms with Crippen LogP contribution < -0.4 is 15.1 Å². The number of hydrogen-bond acceptors (Lipinski definition) is 5. The summed E-state index contributed by atoms with van der Waals surface area (Å²) in [6, 6.07) is 17.8. The maximum Gasteiger partial charge on any atom is 0.336 e. The molecule has 1 aromatic heterocycles. The van der Waals surface area contributed by atoms with Gasteiger partial charge in [-0.2, -0.15) is 0 Å². The third-order valence-electron chi connectivity index (χ3n) is 6.11. The van der Waals surface area contributed by atoms with E-state index in [0.717, 1.165) is 57.7 Å². The van der Waals surface area contributed by atoms with Gasteiger partial charge in [-0.05, 0) is 60.4 Å².